The van der Waals surface area contributed by atoms with Gasteiger partial charge < -0.3 is 19.3 Å². The molecule has 0 atom stereocenters. The molecule has 1 aromatic carbocycles. The molecule has 1 aromatic heterocycles. The minimum absolute atomic E-state index is 0.0421. The number of ether oxygens (including phenoxy) is 2. The fourth-order valence-corrected chi connectivity index (χ4v) is 3.37. The van der Waals surface area contributed by atoms with Crippen LogP contribution in [0, 0.1) is 5.92 Å². The lowest BCUT2D eigenvalue weighted by Crippen LogP contribution is -2.37. The number of amides is 1. The fraction of sp³-hybridized carbons (Fsp3) is 0.550. The maximum Gasteiger partial charge on any atom is 0.227 e. The Labute approximate surface area is 159 Å². The van der Waals surface area contributed by atoms with Crippen molar-refractivity contribution in [2.45, 2.75) is 51.5 Å². The summed E-state index contributed by atoms with van der Waals surface area (Å²) in [4.78, 5) is 16.6. The quantitative estimate of drug-likeness (QED) is 0.801. The van der Waals surface area contributed by atoms with Crippen LogP contribution in [-0.2, 0) is 11.2 Å². The van der Waals surface area contributed by atoms with Crippen molar-refractivity contribution >= 4 is 5.91 Å². The van der Waals surface area contributed by atoms with Gasteiger partial charge in [-0.25, -0.2) is 0 Å². The van der Waals surface area contributed by atoms with E-state index in [4.69, 9.17) is 14.0 Å². The van der Waals surface area contributed by atoms with Crippen molar-refractivity contribution in [3.8, 4) is 22.9 Å². The number of benzene rings is 1. The van der Waals surface area contributed by atoms with Crippen molar-refractivity contribution in [1.82, 2.24) is 15.5 Å². The lowest BCUT2D eigenvalue weighted by molar-refractivity contribution is -0.122. The molecule has 3 rings (SSSR count). The number of nitrogens with one attached hydrogen (secondary N) is 1. The van der Waals surface area contributed by atoms with Crippen LogP contribution in [0.3, 0.4) is 0 Å². The molecule has 1 aliphatic carbocycles. The van der Waals surface area contributed by atoms with Crippen molar-refractivity contribution in [3.63, 3.8) is 0 Å². The van der Waals surface area contributed by atoms with Crippen LogP contribution in [0.15, 0.2) is 22.7 Å². The van der Waals surface area contributed by atoms with E-state index in [2.05, 4.69) is 22.4 Å². The van der Waals surface area contributed by atoms with Gasteiger partial charge in [-0.15, -0.1) is 0 Å². The molecule has 1 fully saturated rings. The molecule has 0 aliphatic heterocycles. The van der Waals surface area contributed by atoms with Crippen LogP contribution in [0.2, 0.25) is 0 Å². The Balaban J connectivity index is 1.54. The molecule has 1 N–H and O–H groups in total. The zero-order valence-electron chi connectivity index (χ0n) is 16.2. The molecular formula is C20H27N3O4. The van der Waals surface area contributed by atoms with E-state index in [-0.39, 0.29) is 5.91 Å². The van der Waals surface area contributed by atoms with E-state index in [1.165, 1.54) is 12.8 Å². The Hall–Kier alpha value is -2.57. The Morgan fingerprint density at radius 3 is 2.63 bits per heavy atom. The molecule has 1 aliphatic rings. The van der Waals surface area contributed by atoms with Crippen LogP contribution in [0.1, 0.15) is 44.9 Å². The molecule has 1 heterocycles. The van der Waals surface area contributed by atoms with Gasteiger partial charge in [0, 0.05) is 24.4 Å². The molecule has 7 nitrogen and oxygen atoms in total. The summed E-state index contributed by atoms with van der Waals surface area (Å²) >= 11 is 0. The van der Waals surface area contributed by atoms with Gasteiger partial charge in [0.1, 0.15) is 0 Å². The standard InChI is InChI=1S/C20H27N3O4/c1-13-4-7-15(8-5-13)21-18(24)10-11-19-22-20(23-27-19)14-6-9-16(25-2)17(12-14)26-3/h6,9,12-13,15H,4-5,7-8,10-11H2,1-3H3,(H,21,24). The lowest BCUT2D eigenvalue weighted by Gasteiger charge is -2.26. The van der Waals surface area contributed by atoms with Gasteiger partial charge in [0.05, 0.1) is 14.2 Å². The van der Waals surface area contributed by atoms with E-state index >= 15 is 0 Å². The number of rotatable bonds is 7. The zero-order valence-corrected chi connectivity index (χ0v) is 16.2. The maximum atomic E-state index is 12.2. The minimum atomic E-state index is 0.0421. The summed E-state index contributed by atoms with van der Waals surface area (Å²) in [7, 11) is 3.16. The third-order valence-corrected chi connectivity index (χ3v) is 5.06. The number of carbonyl (C=O) groups is 1. The summed E-state index contributed by atoms with van der Waals surface area (Å²) in [6.45, 7) is 2.27. The van der Waals surface area contributed by atoms with Crippen molar-refractivity contribution in [2.75, 3.05) is 14.2 Å². The van der Waals surface area contributed by atoms with Crippen LogP contribution in [0.5, 0.6) is 11.5 Å². The Morgan fingerprint density at radius 2 is 1.93 bits per heavy atom. The van der Waals surface area contributed by atoms with Gasteiger partial charge in [0.25, 0.3) is 0 Å². The highest BCUT2D eigenvalue weighted by atomic mass is 16.5. The number of hydrogen-bond acceptors (Lipinski definition) is 6. The topological polar surface area (TPSA) is 86.5 Å². The van der Waals surface area contributed by atoms with E-state index in [1.54, 1.807) is 26.4 Å². The van der Waals surface area contributed by atoms with Gasteiger partial charge >= 0.3 is 0 Å². The Bertz CT molecular complexity index is 766. The van der Waals surface area contributed by atoms with Crippen molar-refractivity contribution in [1.29, 1.82) is 0 Å². The lowest BCUT2D eigenvalue weighted by atomic mass is 9.87. The second kappa shape index (κ2) is 8.88. The predicted molar refractivity (Wildman–Crippen MR) is 101 cm³/mol. The highest BCUT2D eigenvalue weighted by molar-refractivity contribution is 5.76. The van der Waals surface area contributed by atoms with Crippen LogP contribution >= 0.6 is 0 Å². The molecule has 0 spiro atoms. The highest BCUT2D eigenvalue weighted by Crippen LogP contribution is 2.31. The van der Waals surface area contributed by atoms with E-state index in [0.717, 1.165) is 24.3 Å². The summed E-state index contributed by atoms with van der Waals surface area (Å²) < 4.78 is 15.8. The van der Waals surface area contributed by atoms with Gasteiger partial charge in [0.15, 0.2) is 11.5 Å². The first-order valence-electron chi connectivity index (χ1n) is 9.43. The van der Waals surface area contributed by atoms with Gasteiger partial charge in [-0.05, 0) is 49.8 Å². The van der Waals surface area contributed by atoms with Crippen molar-refractivity contribution < 1.29 is 18.8 Å². The van der Waals surface area contributed by atoms with E-state index < -0.39 is 0 Å². The third kappa shape index (κ3) is 4.99. The number of aromatic nitrogens is 2. The molecular weight excluding hydrogens is 346 g/mol. The number of nitrogens with zero attached hydrogens (tertiary/aromatic N) is 2. The summed E-state index contributed by atoms with van der Waals surface area (Å²) in [6, 6.07) is 5.73. The average molecular weight is 373 g/mol. The molecule has 7 heteroatoms. The van der Waals surface area contributed by atoms with Crippen LogP contribution in [0.4, 0.5) is 0 Å². The minimum Gasteiger partial charge on any atom is -0.493 e. The first-order chi connectivity index (χ1) is 13.1. The summed E-state index contributed by atoms with van der Waals surface area (Å²) in [5, 5.41) is 7.12. The molecule has 0 bridgehead atoms. The summed E-state index contributed by atoms with van der Waals surface area (Å²) in [5.41, 5.74) is 0.767. The monoisotopic (exact) mass is 373 g/mol. The summed E-state index contributed by atoms with van der Waals surface area (Å²) in [5.74, 6) is 2.97. The SMILES string of the molecule is COc1ccc(-c2noc(CCC(=O)NC3CCC(C)CC3)n2)cc1OC. The third-order valence-electron chi connectivity index (χ3n) is 5.06. The fourth-order valence-electron chi connectivity index (χ4n) is 3.37. The van der Waals surface area contributed by atoms with Crippen LogP contribution < -0.4 is 14.8 Å². The molecule has 146 valence electrons. The van der Waals surface area contributed by atoms with Gasteiger partial charge in [-0.1, -0.05) is 12.1 Å². The Morgan fingerprint density at radius 1 is 1.19 bits per heavy atom. The Kier molecular flexibility index (Phi) is 6.32. The summed E-state index contributed by atoms with van der Waals surface area (Å²) in [6.07, 6.45) is 5.27. The van der Waals surface area contributed by atoms with E-state index in [0.29, 0.717) is 42.1 Å². The van der Waals surface area contributed by atoms with Gasteiger partial charge in [-0.3, -0.25) is 4.79 Å². The number of methoxy groups -OCH3 is 2. The zero-order chi connectivity index (χ0) is 19.2. The number of carbonyl (C=O) groups excluding carboxylic acids is 1. The highest BCUT2D eigenvalue weighted by Gasteiger charge is 2.20. The predicted octanol–water partition coefficient (Wildman–Crippen LogP) is 3.38. The van der Waals surface area contributed by atoms with Crippen LogP contribution in [-0.4, -0.2) is 36.3 Å². The smallest absolute Gasteiger partial charge is 0.227 e. The van der Waals surface area contributed by atoms with Gasteiger partial charge in [0.2, 0.25) is 17.6 Å². The molecule has 1 saturated carbocycles. The molecule has 1 amide bonds. The van der Waals surface area contributed by atoms with Crippen molar-refractivity contribution in [3.05, 3.63) is 24.1 Å². The molecule has 0 saturated heterocycles. The van der Waals surface area contributed by atoms with E-state index in [9.17, 15) is 4.79 Å². The largest absolute Gasteiger partial charge is 0.493 e. The average Bonchev–Trinajstić information content (AvgIpc) is 3.16. The second-order valence-electron chi connectivity index (χ2n) is 7.11. The normalized spacial score (nSPS) is 19.5. The number of hydrogen-bond donors (Lipinski definition) is 1. The first-order valence-corrected chi connectivity index (χ1v) is 9.43. The molecule has 0 unspecified atom stereocenters. The number of aryl methyl sites for hydroxylation is 1. The molecule has 2 aromatic rings. The van der Waals surface area contributed by atoms with E-state index in [1.807, 2.05) is 6.07 Å². The second-order valence-corrected chi connectivity index (χ2v) is 7.11. The van der Waals surface area contributed by atoms with Gasteiger partial charge in [-0.2, -0.15) is 4.98 Å². The van der Waals surface area contributed by atoms with Crippen LogP contribution in [0.25, 0.3) is 11.4 Å². The van der Waals surface area contributed by atoms with Crippen molar-refractivity contribution in [2.24, 2.45) is 5.92 Å². The molecule has 0 radical (unpaired) electrons. The molecule has 27 heavy (non-hydrogen) atoms. The maximum absolute atomic E-state index is 12.2. The first kappa shape index (κ1) is 19.2.